The number of nitrogens with zero attached hydrogens (tertiary/aromatic N) is 3. The van der Waals surface area contributed by atoms with Gasteiger partial charge in [0, 0.05) is 29.1 Å². The van der Waals surface area contributed by atoms with Crippen LogP contribution in [-0.4, -0.2) is 44.1 Å². The number of H-pyrrole nitrogens is 1. The smallest absolute Gasteiger partial charge is 0.413 e. The molecular weight excluding hydrogens is 410 g/mol. The molecule has 5 rings (SSSR count). The van der Waals surface area contributed by atoms with Crippen LogP contribution in [0, 0.1) is 0 Å². The van der Waals surface area contributed by atoms with Gasteiger partial charge in [0.1, 0.15) is 0 Å². The van der Waals surface area contributed by atoms with Crippen LogP contribution in [0.4, 0.5) is 10.7 Å². The molecule has 0 spiro atoms. The quantitative estimate of drug-likeness (QED) is 0.459. The lowest BCUT2D eigenvalue weighted by atomic mass is 9.93. The van der Waals surface area contributed by atoms with Gasteiger partial charge < -0.3 is 14.8 Å². The summed E-state index contributed by atoms with van der Waals surface area (Å²) in [5, 5.41) is 14.5. The van der Waals surface area contributed by atoms with Gasteiger partial charge in [0.2, 0.25) is 5.95 Å². The number of aromatic amines is 1. The number of imidazole rings is 1. The number of methoxy groups -OCH3 is 1. The highest BCUT2D eigenvalue weighted by molar-refractivity contribution is 6.00. The normalized spacial score (nSPS) is 17.4. The van der Waals surface area contributed by atoms with E-state index in [0.29, 0.717) is 27.7 Å². The molecule has 3 N–H and O–H groups in total. The summed E-state index contributed by atoms with van der Waals surface area (Å²) in [5.74, 6) is -0.0618. The first-order chi connectivity index (χ1) is 15.5. The second-order valence-electron chi connectivity index (χ2n) is 7.40. The maximum Gasteiger partial charge on any atom is 0.413 e. The highest BCUT2D eigenvalue weighted by Crippen LogP contribution is 2.43. The summed E-state index contributed by atoms with van der Waals surface area (Å²) in [4.78, 5) is 37.6. The van der Waals surface area contributed by atoms with Crippen molar-refractivity contribution in [1.29, 1.82) is 0 Å². The average Bonchev–Trinajstić information content (AvgIpc) is 3.32. The number of ether oxygens (including phenoxy) is 1. The molecule has 0 fully saturated rings. The number of carbonyl (C=O) groups excluding carboxylic acids is 2. The van der Waals surface area contributed by atoms with Crippen molar-refractivity contribution in [3.8, 4) is 0 Å². The molecule has 1 unspecified atom stereocenters. The van der Waals surface area contributed by atoms with Crippen molar-refractivity contribution >= 4 is 29.0 Å². The number of aliphatic hydroxyl groups is 1. The molecule has 0 bridgehead atoms. The van der Waals surface area contributed by atoms with E-state index in [9.17, 15) is 14.7 Å². The summed E-state index contributed by atoms with van der Waals surface area (Å²) in [7, 11) is 1.26. The largest absolute Gasteiger partial charge is 0.453 e. The van der Waals surface area contributed by atoms with E-state index in [1.54, 1.807) is 60.9 Å². The van der Waals surface area contributed by atoms with E-state index >= 15 is 0 Å². The number of anilines is 1. The first-order valence-electron chi connectivity index (χ1n) is 9.88. The molecular formula is C23H19N5O4. The molecule has 2 amide bonds. The van der Waals surface area contributed by atoms with Gasteiger partial charge in [-0.3, -0.25) is 20.0 Å². The number of rotatable bonds is 4. The van der Waals surface area contributed by atoms with Crippen LogP contribution in [0.2, 0.25) is 0 Å². The summed E-state index contributed by atoms with van der Waals surface area (Å²) in [6.07, 6.45) is 2.67. The van der Waals surface area contributed by atoms with Crippen LogP contribution in [-0.2, 0) is 17.0 Å². The summed E-state index contributed by atoms with van der Waals surface area (Å²) in [5.41, 5.74) is 1.67. The summed E-state index contributed by atoms with van der Waals surface area (Å²) < 4.78 is 4.59. The molecule has 2 aromatic carbocycles. The van der Waals surface area contributed by atoms with Crippen molar-refractivity contribution in [2.75, 3.05) is 12.4 Å². The molecule has 0 radical (unpaired) electrons. The Kier molecular flexibility index (Phi) is 4.60. The van der Waals surface area contributed by atoms with Gasteiger partial charge in [-0.2, -0.15) is 0 Å². The summed E-state index contributed by atoms with van der Waals surface area (Å²) in [6.45, 7) is 0.172. The zero-order valence-electron chi connectivity index (χ0n) is 17.1. The Morgan fingerprint density at radius 2 is 2.06 bits per heavy atom. The average molecular weight is 429 g/mol. The molecule has 9 nitrogen and oxygen atoms in total. The molecule has 0 saturated carbocycles. The standard InChI is InChI=1S/C23H19N5O4/c1-32-22(30)27-21-25-18-9-8-15(11-19(18)26-21)23(31)17-7-3-2-6-16(17)20(29)28(23)13-14-5-4-10-24-12-14/h2-12,31H,13H2,1H3,(H2,25,26,27,30). The number of pyridine rings is 1. The van der Waals surface area contributed by atoms with Gasteiger partial charge in [-0.1, -0.05) is 30.3 Å². The number of hydrogen-bond acceptors (Lipinski definition) is 6. The first-order valence-corrected chi connectivity index (χ1v) is 9.88. The molecule has 160 valence electrons. The third kappa shape index (κ3) is 3.07. The number of fused-ring (bicyclic) bond motifs is 2. The van der Waals surface area contributed by atoms with Crippen molar-refractivity contribution in [2.24, 2.45) is 0 Å². The van der Waals surface area contributed by atoms with Gasteiger partial charge in [0.15, 0.2) is 5.72 Å². The summed E-state index contributed by atoms with van der Waals surface area (Å²) >= 11 is 0. The monoisotopic (exact) mass is 429 g/mol. The second-order valence-corrected chi connectivity index (χ2v) is 7.40. The Labute approximate surface area is 182 Å². The number of hydrogen-bond donors (Lipinski definition) is 3. The molecule has 1 aliphatic rings. The molecule has 0 aliphatic carbocycles. The van der Waals surface area contributed by atoms with E-state index in [-0.39, 0.29) is 18.4 Å². The second kappa shape index (κ2) is 7.47. The maximum absolute atomic E-state index is 13.3. The molecule has 0 saturated heterocycles. The first kappa shape index (κ1) is 19.7. The van der Waals surface area contributed by atoms with E-state index in [0.717, 1.165) is 5.56 Å². The van der Waals surface area contributed by atoms with E-state index < -0.39 is 11.8 Å². The Bertz CT molecular complexity index is 1340. The Balaban J connectivity index is 1.61. The SMILES string of the molecule is COC(=O)Nc1nc2cc(C3(O)c4ccccc4C(=O)N3Cc3cccnc3)ccc2[nH]1. The van der Waals surface area contributed by atoms with E-state index in [1.807, 2.05) is 6.07 Å². The zero-order chi connectivity index (χ0) is 22.3. The van der Waals surface area contributed by atoms with Crippen molar-refractivity contribution in [3.05, 3.63) is 89.2 Å². The fourth-order valence-electron chi connectivity index (χ4n) is 4.01. The van der Waals surface area contributed by atoms with Crippen LogP contribution in [0.1, 0.15) is 27.0 Å². The molecule has 4 aromatic rings. The van der Waals surface area contributed by atoms with Crippen LogP contribution in [0.3, 0.4) is 0 Å². The lowest BCUT2D eigenvalue weighted by Crippen LogP contribution is -2.44. The van der Waals surface area contributed by atoms with E-state index in [4.69, 9.17) is 0 Å². The minimum absolute atomic E-state index is 0.172. The topological polar surface area (TPSA) is 120 Å². The van der Waals surface area contributed by atoms with Gasteiger partial charge in [0.05, 0.1) is 24.7 Å². The zero-order valence-corrected chi connectivity index (χ0v) is 17.1. The predicted molar refractivity (Wildman–Crippen MR) is 116 cm³/mol. The minimum Gasteiger partial charge on any atom is -0.453 e. The predicted octanol–water partition coefficient (Wildman–Crippen LogP) is 2.99. The van der Waals surface area contributed by atoms with E-state index in [2.05, 4.69) is 25.0 Å². The lowest BCUT2D eigenvalue weighted by Gasteiger charge is -2.35. The van der Waals surface area contributed by atoms with Crippen LogP contribution < -0.4 is 5.32 Å². The van der Waals surface area contributed by atoms with Gasteiger partial charge in [0.25, 0.3) is 5.91 Å². The molecule has 1 atom stereocenters. The number of benzene rings is 2. The van der Waals surface area contributed by atoms with Crippen molar-refractivity contribution in [3.63, 3.8) is 0 Å². The lowest BCUT2D eigenvalue weighted by molar-refractivity contribution is -0.0542. The van der Waals surface area contributed by atoms with Crippen molar-refractivity contribution in [1.82, 2.24) is 19.9 Å². The fraction of sp³-hybridized carbons (Fsp3) is 0.130. The molecule has 1 aliphatic heterocycles. The van der Waals surface area contributed by atoms with Crippen LogP contribution in [0.15, 0.2) is 67.0 Å². The Morgan fingerprint density at radius 1 is 1.22 bits per heavy atom. The van der Waals surface area contributed by atoms with E-state index in [1.165, 1.54) is 12.0 Å². The minimum atomic E-state index is -1.70. The molecule has 32 heavy (non-hydrogen) atoms. The molecule has 3 heterocycles. The number of amides is 2. The van der Waals surface area contributed by atoms with Crippen LogP contribution in [0.25, 0.3) is 11.0 Å². The molecule has 2 aromatic heterocycles. The van der Waals surface area contributed by atoms with Gasteiger partial charge >= 0.3 is 6.09 Å². The Morgan fingerprint density at radius 3 is 2.84 bits per heavy atom. The third-order valence-corrected chi connectivity index (χ3v) is 5.52. The number of aromatic nitrogens is 3. The summed E-state index contributed by atoms with van der Waals surface area (Å²) in [6, 6.07) is 15.8. The van der Waals surface area contributed by atoms with Gasteiger partial charge in [-0.25, -0.2) is 9.78 Å². The van der Waals surface area contributed by atoms with Crippen molar-refractivity contribution in [2.45, 2.75) is 12.3 Å². The highest BCUT2D eigenvalue weighted by atomic mass is 16.5. The maximum atomic E-state index is 13.3. The van der Waals surface area contributed by atoms with Gasteiger partial charge in [-0.05, 0) is 29.8 Å². The number of carbonyl (C=O) groups is 2. The van der Waals surface area contributed by atoms with Crippen molar-refractivity contribution < 1.29 is 19.4 Å². The van der Waals surface area contributed by atoms with Crippen LogP contribution in [0.5, 0.6) is 0 Å². The molecule has 9 heteroatoms. The Hall–Kier alpha value is -4.24. The van der Waals surface area contributed by atoms with Gasteiger partial charge in [-0.15, -0.1) is 0 Å². The highest BCUT2D eigenvalue weighted by Gasteiger charge is 2.49. The third-order valence-electron chi connectivity index (χ3n) is 5.52. The van der Waals surface area contributed by atoms with Crippen LogP contribution >= 0.6 is 0 Å². The fourth-order valence-corrected chi connectivity index (χ4v) is 4.01. The number of nitrogens with one attached hydrogen (secondary N) is 2.